The first-order valence-corrected chi connectivity index (χ1v) is 9.46. The van der Waals surface area contributed by atoms with Gasteiger partial charge in [-0.2, -0.15) is 5.26 Å². The molecule has 0 fully saturated rings. The molecule has 0 unspecified atom stereocenters. The van der Waals surface area contributed by atoms with Gasteiger partial charge >= 0.3 is 0 Å². The van der Waals surface area contributed by atoms with Gasteiger partial charge in [0.1, 0.15) is 0 Å². The van der Waals surface area contributed by atoms with Crippen molar-refractivity contribution in [3.8, 4) is 6.07 Å². The number of carbonyl (C=O) groups is 1. The van der Waals surface area contributed by atoms with E-state index in [0.717, 1.165) is 5.56 Å². The van der Waals surface area contributed by atoms with Gasteiger partial charge in [0.2, 0.25) is 10.0 Å². The summed E-state index contributed by atoms with van der Waals surface area (Å²) in [7, 11) is -3.40. The summed E-state index contributed by atoms with van der Waals surface area (Å²) in [4.78, 5) is 12.3. The molecule has 0 radical (unpaired) electrons. The SMILES string of the molecule is CCCS(=O)(=O)Nc1cccc(C(=O)NCc2cccc(C#N)c2)c1. The normalized spacial score (nSPS) is 10.7. The van der Waals surface area contributed by atoms with Crippen LogP contribution in [0.2, 0.25) is 0 Å². The van der Waals surface area contributed by atoms with Crippen molar-refractivity contribution in [3.05, 3.63) is 65.2 Å². The lowest BCUT2D eigenvalue weighted by molar-refractivity contribution is 0.0951. The Morgan fingerprint density at radius 1 is 1.16 bits per heavy atom. The van der Waals surface area contributed by atoms with Crippen LogP contribution < -0.4 is 10.0 Å². The van der Waals surface area contributed by atoms with Crippen LogP contribution in [0.4, 0.5) is 5.69 Å². The summed E-state index contributed by atoms with van der Waals surface area (Å²) in [5, 5.41) is 11.6. The second-order valence-corrected chi connectivity index (χ2v) is 7.34. The number of carbonyl (C=O) groups excluding carboxylic acids is 1. The van der Waals surface area contributed by atoms with Crippen molar-refractivity contribution >= 4 is 21.6 Å². The van der Waals surface area contributed by atoms with E-state index in [1.807, 2.05) is 12.1 Å². The molecule has 130 valence electrons. The summed E-state index contributed by atoms with van der Waals surface area (Å²) >= 11 is 0. The number of benzene rings is 2. The van der Waals surface area contributed by atoms with Crippen LogP contribution in [0.15, 0.2) is 48.5 Å². The molecule has 0 bridgehead atoms. The molecule has 0 atom stereocenters. The van der Waals surface area contributed by atoms with Crippen LogP contribution in [0.1, 0.15) is 34.8 Å². The third kappa shape index (κ3) is 5.62. The van der Waals surface area contributed by atoms with Crippen LogP contribution in [0.25, 0.3) is 0 Å². The Morgan fingerprint density at radius 2 is 1.92 bits per heavy atom. The Bertz CT molecular complexity index is 902. The van der Waals surface area contributed by atoms with Gasteiger partial charge in [0.05, 0.1) is 17.4 Å². The molecule has 0 spiro atoms. The number of hydrogen-bond acceptors (Lipinski definition) is 4. The summed E-state index contributed by atoms with van der Waals surface area (Å²) in [6, 6.07) is 15.3. The molecule has 6 nitrogen and oxygen atoms in total. The number of nitrogens with one attached hydrogen (secondary N) is 2. The quantitative estimate of drug-likeness (QED) is 0.796. The third-order valence-electron chi connectivity index (χ3n) is 3.38. The van der Waals surface area contributed by atoms with Gasteiger partial charge in [0, 0.05) is 17.8 Å². The molecule has 25 heavy (non-hydrogen) atoms. The fraction of sp³-hybridized carbons (Fsp3) is 0.222. The number of nitriles is 1. The van der Waals surface area contributed by atoms with Gasteiger partial charge in [-0.15, -0.1) is 0 Å². The maximum absolute atomic E-state index is 12.3. The Hall–Kier alpha value is -2.85. The maximum atomic E-state index is 12.3. The molecule has 2 aromatic carbocycles. The molecule has 0 heterocycles. The van der Waals surface area contributed by atoms with E-state index in [1.54, 1.807) is 43.3 Å². The Morgan fingerprint density at radius 3 is 2.64 bits per heavy atom. The van der Waals surface area contributed by atoms with Crippen molar-refractivity contribution in [2.75, 3.05) is 10.5 Å². The summed E-state index contributed by atoms with van der Waals surface area (Å²) in [6.07, 6.45) is 0.511. The first-order chi connectivity index (χ1) is 11.9. The molecule has 2 N–H and O–H groups in total. The van der Waals surface area contributed by atoms with Crippen LogP contribution in [-0.2, 0) is 16.6 Å². The molecule has 2 aromatic rings. The lowest BCUT2D eigenvalue weighted by Gasteiger charge is -2.09. The largest absolute Gasteiger partial charge is 0.348 e. The van der Waals surface area contributed by atoms with E-state index in [-0.39, 0.29) is 18.2 Å². The van der Waals surface area contributed by atoms with Crippen molar-refractivity contribution in [1.29, 1.82) is 5.26 Å². The van der Waals surface area contributed by atoms with Crippen molar-refractivity contribution in [1.82, 2.24) is 5.32 Å². The predicted molar refractivity (Wildman–Crippen MR) is 96.5 cm³/mol. The fourth-order valence-corrected chi connectivity index (χ4v) is 3.38. The van der Waals surface area contributed by atoms with Crippen molar-refractivity contribution in [2.24, 2.45) is 0 Å². The first kappa shape index (κ1) is 18.5. The molecule has 0 saturated heterocycles. The van der Waals surface area contributed by atoms with E-state index in [0.29, 0.717) is 23.2 Å². The molecule has 0 aromatic heterocycles. The van der Waals surface area contributed by atoms with Gasteiger partial charge in [-0.05, 0) is 42.3 Å². The zero-order valence-electron chi connectivity index (χ0n) is 13.8. The lowest BCUT2D eigenvalue weighted by atomic mass is 10.1. The first-order valence-electron chi connectivity index (χ1n) is 7.81. The van der Waals surface area contributed by atoms with E-state index in [1.165, 1.54) is 6.07 Å². The number of sulfonamides is 1. The van der Waals surface area contributed by atoms with Crippen LogP contribution in [0.5, 0.6) is 0 Å². The van der Waals surface area contributed by atoms with Gasteiger partial charge in [-0.1, -0.05) is 25.1 Å². The van der Waals surface area contributed by atoms with E-state index in [9.17, 15) is 13.2 Å². The maximum Gasteiger partial charge on any atom is 0.251 e. The average Bonchev–Trinajstić information content (AvgIpc) is 2.59. The zero-order chi connectivity index (χ0) is 18.3. The summed E-state index contributed by atoms with van der Waals surface area (Å²) in [5.41, 5.74) is 2.05. The van der Waals surface area contributed by atoms with Gasteiger partial charge in [0.25, 0.3) is 5.91 Å². The fourth-order valence-electron chi connectivity index (χ4n) is 2.26. The minimum Gasteiger partial charge on any atom is -0.348 e. The Labute approximate surface area is 147 Å². The van der Waals surface area contributed by atoms with E-state index in [2.05, 4.69) is 10.0 Å². The smallest absolute Gasteiger partial charge is 0.251 e. The number of amides is 1. The summed E-state index contributed by atoms with van der Waals surface area (Å²) in [6.45, 7) is 2.06. The molecular formula is C18H19N3O3S. The Balaban J connectivity index is 2.04. The number of anilines is 1. The highest BCUT2D eigenvalue weighted by Gasteiger charge is 2.11. The van der Waals surface area contributed by atoms with Gasteiger partial charge in [0.15, 0.2) is 0 Å². The molecule has 0 saturated carbocycles. The number of hydrogen-bond donors (Lipinski definition) is 2. The standard InChI is InChI=1S/C18H19N3O3S/c1-2-9-25(23,24)21-17-8-4-7-16(11-17)18(22)20-13-15-6-3-5-14(10-15)12-19/h3-8,10-11,21H,2,9,13H2,1H3,(H,20,22). The van der Waals surface area contributed by atoms with E-state index >= 15 is 0 Å². The minimum absolute atomic E-state index is 0.0264. The summed E-state index contributed by atoms with van der Waals surface area (Å²) < 4.78 is 26.1. The van der Waals surface area contributed by atoms with Crippen LogP contribution in [0, 0.1) is 11.3 Å². The monoisotopic (exact) mass is 357 g/mol. The zero-order valence-corrected chi connectivity index (χ0v) is 14.6. The predicted octanol–water partition coefficient (Wildman–Crippen LogP) is 2.64. The van der Waals surface area contributed by atoms with Crippen molar-refractivity contribution in [2.45, 2.75) is 19.9 Å². The topological polar surface area (TPSA) is 99.1 Å². The minimum atomic E-state index is -3.40. The van der Waals surface area contributed by atoms with Gasteiger partial charge < -0.3 is 5.32 Å². The number of rotatable bonds is 7. The van der Waals surface area contributed by atoms with Gasteiger partial charge in [-0.3, -0.25) is 9.52 Å². The van der Waals surface area contributed by atoms with Gasteiger partial charge in [-0.25, -0.2) is 8.42 Å². The van der Waals surface area contributed by atoms with Crippen LogP contribution in [-0.4, -0.2) is 20.1 Å². The average molecular weight is 357 g/mol. The summed E-state index contributed by atoms with van der Waals surface area (Å²) in [5.74, 6) is -0.294. The molecule has 7 heteroatoms. The van der Waals surface area contributed by atoms with E-state index in [4.69, 9.17) is 5.26 Å². The van der Waals surface area contributed by atoms with Crippen molar-refractivity contribution in [3.63, 3.8) is 0 Å². The molecule has 0 aliphatic heterocycles. The van der Waals surface area contributed by atoms with Crippen molar-refractivity contribution < 1.29 is 13.2 Å². The Kier molecular flexibility index (Phi) is 6.14. The molecule has 0 aliphatic carbocycles. The van der Waals surface area contributed by atoms with Crippen LogP contribution in [0.3, 0.4) is 0 Å². The highest BCUT2D eigenvalue weighted by atomic mass is 32.2. The van der Waals surface area contributed by atoms with E-state index < -0.39 is 10.0 Å². The second kappa shape index (κ2) is 8.31. The van der Waals surface area contributed by atoms with Crippen LogP contribution >= 0.6 is 0 Å². The molecule has 2 rings (SSSR count). The lowest BCUT2D eigenvalue weighted by Crippen LogP contribution is -2.23. The highest BCUT2D eigenvalue weighted by molar-refractivity contribution is 7.92. The second-order valence-electron chi connectivity index (χ2n) is 5.50. The third-order valence-corrected chi connectivity index (χ3v) is 4.87. The number of nitrogens with zero attached hydrogens (tertiary/aromatic N) is 1. The molecule has 0 aliphatic rings. The molecule has 1 amide bonds. The molecular weight excluding hydrogens is 338 g/mol. The highest BCUT2D eigenvalue weighted by Crippen LogP contribution is 2.13.